The van der Waals surface area contributed by atoms with Crippen molar-refractivity contribution in [2.24, 2.45) is 5.92 Å². The molecule has 0 aromatic rings. The quantitative estimate of drug-likeness (QED) is 0.829. The standard InChI is InChI=1S/C11H17F3N2O/c12-11(13,14)8-16(5-6-17)10-4-2-1-3-9(10)7-15/h9-10,17H,1-6,8H2. The lowest BCUT2D eigenvalue weighted by molar-refractivity contribution is -0.154. The number of alkyl halides is 3. The van der Waals surface area contributed by atoms with E-state index in [1.54, 1.807) is 0 Å². The second-order valence-corrected chi connectivity index (χ2v) is 4.40. The van der Waals surface area contributed by atoms with E-state index in [1.165, 1.54) is 4.90 Å². The molecule has 0 spiro atoms. The van der Waals surface area contributed by atoms with Gasteiger partial charge < -0.3 is 5.11 Å². The molecule has 3 nitrogen and oxygen atoms in total. The maximum absolute atomic E-state index is 12.4. The lowest BCUT2D eigenvalue weighted by atomic mass is 9.84. The normalized spacial score (nSPS) is 25.9. The lowest BCUT2D eigenvalue weighted by Gasteiger charge is -2.37. The zero-order valence-electron chi connectivity index (χ0n) is 9.58. The molecule has 0 bridgehead atoms. The van der Waals surface area contributed by atoms with Crippen LogP contribution in [-0.2, 0) is 0 Å². The Kier molecular flexibility index (Phi) is 5.22. The average Bonchev–Trinajstić information content (AvgIpc) is 2.27. The minimum Gasteiger partial charge on any atom is -0.395 e. The molecule has 1 rings (SSSR count). The van der Waals surface area contributed by atoms with Crippen molar-refractivity contribution in [3.05, 3.63) is 0 Å². The molecule has 0 saturated heterocycles. The fourth-order valence-corrected chi connectivity index (χ4v) is 2.42. The number of halogens is 3. The Hall–Kier alpha value is -0.800. The van der Waals surface area contributed by atoms with Crippen molar-refractivity contribution in [2.45, 2.75) is 37.9 Å². The summed E-state index contributed by atoms with van der Waals surface area (Å²) in [6, 6.07) is 1.72. The molecule has 1 aliphatic rings. The third-order valence-electron chi connectivity index (χ3n) is 3.13. The van der Waals surface area contributed by atoms with Crippen LogP contribution in [0.25, 0.3) is 0 Å². The van der Waals surface area contributed by atoms with Gasteiger partial charge in [-0.25, -0.2) is 0 Å². The Morgan fingerprint density at radius 2 is 1.94 bits per heavy atom. The van der Waals surface area contributed by atoms with E-state index in [4.69, 9.17) is 10.4 Å². The van der Waals surface area contributed by atoms with Crippen LogP contribution >= 0.6 is 0 Å². The number of nitriles is 1. The summed E-state index contributed by atoms with van der Waals surface area (Å²) in [6.07, 6.45) is -1.28. The van der Waals surface area contributed by atoms with Gasteiger partial charge in [0, 0.05) is 12.6 Å². The van der Waals surface area contributed by atoms with E-state index >= 15 is 0 Å². The van der Waals surface area contributed by atoms with Gasteiger partial charge in [0.15, 0.2) is 0 Å². The summed E-state index contributed by atoms with van der Waals surface area (Å²) in [4.78, 5) is 1.20. The molecule has 0 heterocycles. The average molecular weight is 250 g/mol. The van der Waals surface area contributed by atoms with Crippen LogP contribution in [0.2, 0.25) is 0 Å². The van der Waals surface area contributed by atoms with Gasteiger partial charge in [-0.1, -0.05) is 12.8 Å². The predicted octanol–water partition coefficient (Wildman–Crippen LogP) is 1.93. The predicted molar refractivity (Wildman–Crippen MR) is 56.1 cm³/mol. The number of hydrogen-bond acceptors (Lipinski definition) is 3. The summed E-state index contributed by atoms with van der Waals surface area (Å²) in [5.74, 6) is -0.349. The molecular formula is C11H17F3N2O. The molecule has 1 fully saturated rings. The fourth-order valence-electron chi connectivity index (χ4n) is 2.42. The molecule has 0 amide bonds. The van der Waals surface area contributed by atoms with Crippen LogP contribution < -0.4 is 0 Å². The molecule has 17 heavy (non-hydrogen) atoms. The lowest BCUT2D eigenvalue weighted by Crippen LogP contribution is -2.47. The highest BCUT2D eigenvalue weighted by atomic mass is 19.4. The zero-order chi connectivity index (χ0) is 12.9. The van der Waals surface area contributed by atoms with Crippen LogP contribution in [0.4, 0.5) is 13.2 Å². The van der Waals surface area contributed by atoms with Crippen molar-refractivity contribution in [1.29, 1.82) is 5.26 Å². The first-order valence-corrected chi connectivity index (χ1v) is 5.79. The summed E-state index contributed by atoms with van der Waals surface area (Å²) in [5, 5.41) is 17.8. The number of aliphatic hydroxyl groups is 1. The number of rotatable bonds is 4. The van der Waals surface area contributed by atoms with Crippen LogP contribution in [0.3, 0.4) is 0 Å². The van der Waals surface area contributed by atoms with Crippen molar-refractivity contribution in [2.75, 3.05) is 19.7 Å². The van der Waals surface area contributed by atoms with Crippen molar-refractivity contribution in [1.82, 2.24) is 4.90 Å². The molecule has 0 radical (unpaired) electrons. The maximum Gasteiger partial charge on any atom is 0.401 e. The van der Waals surface area contributed by atoms with Crippen LogP contribution in [0.1, 0.15) is 25.7 Å². The molecule has 1 saturated carbocycles. The van der Waals surface area contributed by atoms with E-state index in [-0.39, 0.29) is 25.1 Å². The van der Waals surface area contributed by atoms with Crippen molar-refractivity contribution < 1.29 is 18.3 Å². The fraction of sp³-hybridized carbons (Fsp3) is 0.909. The van der Waals surface area contributed by atoms with Crippen molar-refractivity contribution in [3.63, 3.8) is 0 Å². The molecule has 98 valence electrons. The first-order valence-electron chi connectivity index (χ1n) is 5.79. The van der Waals surface area contributed by atoms with E-state index in [0.717, 1.165) is 12.8 Å². The van der Waals surface area contributed by atoms with E-state index in [0.29, 0.717) is 12.8 Å². The van der Waals surface area contributed by atoms with Gasteiger partial charge in [-0.05, 0) is 12.8 Å². The van der Waals surface area contributed by atoms with Gasteiger partial charge in [0.25, 0.3) is 0 Å². The largest absolute Gasteiger partial charge is 0.401 e. The van der Waals surface area contributed by atoms with E-state index in [1.807, 2.05) is 0 Å². The second kappa shape index (κ2) is 6.22. The van der Waals surface area contributed by atoms with Crippen LogP contribution in [0.5, 0.6) is 0 Å². The molecule has 1 N–H and O–H groups in total. The monoisotopic (exact) mass is 250 g/mol. The Morgan fingerprint density at radius 1 is 1.29 bits per heavy atom. The maximum atomic E-state index is 12.4. The molecule has 1 aliphatic carbocycles. The SMILES string of the molecule is N#CC1CCCCC1N(CCO)CC(F)(F)F. The van der Waals surface area contributed by atoms with Crippen LogP contribution in [0.15, 0.2) is 0 Å². The van der Waals surface area contributed by atoms with Crippen molar-refractivity contribution >= 4 is 0 Å². The highest BCUT2D eigenvalue weighted by Crippen LogP contribution is 2.30. The highest BCUT2D eigenvalue weighted by Gasteiger charge is 2.37. The number of aliphatic hydroxyl groups excluding tert-OH is 1. The number of hydrogen-bond donors (Lipinski definition) is 1. The molecule has 2 atom stereocenters. The second-order valence-electron chi connectivity index (χ2n) is 4.40. The summed E-state index contributed by atoms with van der Waals surface area (Å²) < 4.78 is 37.2. The molecule has 0 aromatic carbocycles. The minimum absolute atomic E-state index is 0.0254. The minimum atomic E-state index is -4.29. The molecule has 2 unspecified atom stereocenters. The third kappa shape index (κ3) is 4.52. The molecule has 0 aromatic heterocycles. The van der Waals surface area contributed by atoms with E-state index < -0.39 is 12.7 Å². The Morgan fingerprint density at radius 3 is 2.47 bits per heavy atom. The van der Waals surface area contributed by atoms with Crippen LogP contribution in [0, 0.1) is 17.2 Å². The van der Waals surface area contributed by atoms with Gasteiger partial charge in [0.05, 0.1) is 25.1 Å². The molecular weight excluding hydrogens is 233 g/mol. The smallest absolute Gasteiger partial charge is 0.395 e. The van der Waals surface area contributed by atoms with Gasteiger partial charge in [0.2, 0.25) is 0 Å². The Balaban J connectivity index is 2.70. The van der Waals surface area contributed by atoms with Gasteiger partial charge in [-0.15, -0.1) is 0 Å². The first kappa shape index (κ1) is 14.3. The molecule has 6 heteroatoms. The van der Waals surface area contributed by atoms with Gasteiger partial charge in [-0.2, -0.15) is 18.4 Å². The van der Waals surface area contributed by atoms with Crippen molar-refractivity contribution in [3.8, 4) is 6.07 Å². The van der Waals surface area contributed by atoms with Gasteiger partial charge in [-0.3, -0.25) is 4.90 Å². The topological polar surface area (TPSA) is 47.3 Å². The first-order chi connectivity index (χ1) is 7.98. The van der Waals surface area contributed by atoms with Gasteiger partial charge >= 0.3 is 6.18 Å². The van der Waals surface area contributed by atoms with Gasteiger partial charge in [0.1, 0.15) is 0 Å². The third-order valence-corrected chi connectivity index (χ3v) is 3.13. The van der Waals surface area contributed by atoms with E-state index in [9.17, 15) is 13.2 Å². The van der Waals surface area contributed by atoms with Crippen LogP contribution in [-0.4, -0.2) is 41.9 Å². The highest BCUT2D eigenvalue weighted by molar-refractivity contribution is 4.96. The summed E-state index contributed by atoms with van der Waals surface area (Å²) in [5.41, 5.74) is 0. The summed E-state index contributed by atoms with van der Waals surface area (Å²) in [7, 11) is 0. The Labute approximate surface area is 98.8 Å². The van der Waals surface area contributed by atoms with E-state index in [2.05, 4.69) is 6.07 Å². The Bertz CT molecular complexity index is 275. The molecule has 0 aliphatic heterocycles. The summed E-state index contributed by atoms with van der Waals surface area (Å²) >= 11 is 0. The summed E-state index contributed by atoms with van der Waals surface area (Å²) in [6.45, 7) is -1.39. The zero-order valence-corrected chi connectivity index (χ0v) is 9.58. The number of nitrogens with zero attached hydrogens (tertiary/aromatic N) is 2.